The second-order valence-electron chi connectivity index (χ2n) is 4.84. The topological polar surface area (TPSA) is 17.6 Å². The molecule has 4 nitrogen and oxygen atoms in total. The smallest absolute Gasteiger partial charge is 0.239 e. The average molecular weight is 254 g/mol. The maximum atomic E-state index is 2.20. The summed E-state index contributed by atoms with van der Waals surface area (Å²) >= 11 is 0. The third kappa shape index (κ3) is 2.29. The van der Waals surface area contributed by atoms with E-state index in [9.17, 15) is 0 Å². The van der Waals surface area contributed by atoms with Gasteiger partial charge in [0.15, 0.2) is 0 Å². The lowest BCUT2D eigenvalue weighted by Gasteiger charge is -2.10. The summed E-state index contributed by atoms with van der Waals surface area (Å²) in [6.07, 6.45) is 12.6. The molecule has 1 aromatic carbocycles. The van der Waals surface area contributed by atoms with Crippen LogP contribution in [0.5, 0.6) is 0 Å². The van der Waals surface area contributed by atoms with Gasteiger partial charge in [-0.05, 0) is 0 Å². The fourth-order valence-corrected chi connectivity index (χ4v) is 2.35. The highest BCUT2D eigenvalue weighted by Crippen LogP contribution is 2.19. The highest BCUT2D eigenvalue weighted by Gasteiger charge is 2.25. The summed E-state index contributed by atoms with van der Waals surface area (Å²) in [5.74, 6) is 0. The lowest BCUT2D eigenvalue weighted by molar-refractivity contribution is -0.672. The van der Waals surface area contributed by atoms with Gasteiger partial charge in [-0.25, -0.2) is 9.13 Å². The largest absolute Gasteiger partial charge is 0.268 e. The van der Waals surface area contributed by atoms with Crippen molar-refractivity contribution >= 4 is 0 Å². The highest BCUT2D eigenvalue weighted by molar-refractivity contribution is 5.20. The molecule has 0 fully saturated rings. The molecule has 19 heavy (non-hydrogen) atoms. The lowest BCUT2D eigenvalue weighted by Crippen LogP contribution is -2.27. The Morgan fingerprint density at radius 1 is 0.842 bits per heavy atom. The van der Waals surface area contributed by atoms with Gasteiger partial charge in [-0.2, -0.15) is 9.13 Å². The molecule has 3 aromatic rings. The van der Waals surface area contributed by atoms with Crippen molar-refractivity contribution in [2.45, 2.75) is 6.17 Å². The molecule has 0 atom stereocenters. The van der Waals surface area contributed by atoms with Gasteiger partial charge in [0.2, 0.25) is 12.7 Å². The van der Waals surface area contributed by atoms with Crippen LogP contribution in [0.25, 0.3) is 0 Å². The molecule has 0 aliphatic carbocycles. The van der Waals surface area contributed by atoms with Crippen LogP contribution in [-0.4, -0.2) is 9.13 Å². The van der Waals surface area contributed by atoms with Crippen LogP contribution in [0.15, 0.2) is 67.8 Å². The van der Waals surface area contributed by atoms with Gasteiger partial charge < -0.3 is 0 Å². The van der Waals surface area contributed by atoms with Crippen LogP contribution in [0.4, 0.5) is 0 Å². The SMILES string of the molecule is C[n+]1ccn(C(c2ccccc2)n2cc[n+](C)c2)c1. The Hall–Kier alpha value is -2.36. The van der Waals surface area contributed by atoms with Crippen molar-refractivity contribution < 1.29 is 9.13 Å². The van der Waals surface area contributed by atoms with Gasteiger partial charge in [-0.1, -0.05) is 30.3 Å². The minimum Gasteiger partial charge on any atom is -0.239 e. The van der Waals surface area contributed by atoms with Crippen LogP contribution in [0.2, 0.25) is 0 Å². The monoisotopic (exact) mass is 254 g/mol. The summed E-state index contributed by atoms with van der Waals surface area (Å²) in [4.78, 5) is 0. The van der Waals surface area contributed by atoms with E-state index in [1.807, 2.05) is 20.2 Å². The van der Waals surface area contributed by atoms with Crippen LogP contribution < -0.4 is 9.13 Å². The summed E-state index contributed by atoms with van der Waals surface area (Å²) < 4.78 is 8.52. The Bertz CT molecular complexity index is 626. The molecule has 0 saturated carbocycles. The molecule has 2 aromatic heterocycles. The molecule has 0 aliphatic heterocycles. The van der Waals surface area contributed by atoms with Crippen molar-refractivity contribution in [3.8, 4) is 0 Å². The molecule has 0 spiro atoms. The van der Waals surface area contributed by atoms with Crippen molar-refractivity contribution in [1.82, 2.24) is 9.13 Å². The summed E-state index contributed by atoms with van der Waals surface area (Å²) in [7, 11) is 4.07. The minimum atomic E-state index is 0.142. The number of hydrogen-bond donors (Lipinski definition) is 0. The fraction of sp³-hybridized carbons (Fsp3) is 0.200. The van der Waals surface area contributed by atoms with Gasteiger partial charge in [0.1, 0.15) is 24.8 Å². The fourth-order valence-electron chi connectivity index (χ4n) is 2.35. The molecule has 0 saturated heterocycles. The van der Waals surface area contributed by atoms with E-state index in [-0.39, 0.29) is 6.17 Å². The predicted molar refractivity (Wildman–Crippen MR) is 71.2 cm³/mol. The van der Waals surface area contributed by atoms with E-state index in [0.717, 1.165) is 0 Å². The van der Waals surface area contributed by atoms with Crippen LogP contribution in [0.3, 0.4) is 0 Å². The first kappa shape index (κ1) is 11.7. The number of hydrogen-bond acceptors (Lipinski definition) is 0. The average Bonchev–Trinajstić information content (AvgIpc) is 3.01. The molecule has 3 rings (SSSR count). The molecule has 4 heteroatoms. The molecular formula is C15H18N4+2. The number of aromatic nitrogens is 4. The summed E-state index contributed by atoms with van der Waals surface area (Å²) in [6.45, 7) is 0. The van der Waals surface area contributed by atoms with Crippen molar-refractivity contribution in [3.05, 3.63) is 73.3 Å². The molecule has 2 heterocycles. The third-order valence-corrected chi connectivity index (χ3v) is 3.24. The number of benzene rings is 1. The second-order valence-corrected chi connectivity index (χ2v) is 4.84. The Kier molecular flexibility index (Phi) is 2.91. The zero-order valence-electron chi connectivity index (χ0n) is 11.2. The van der Waals surface area contributed by atoms with Crippen LogP contribution in [0.1, 0.15) is 11.7 Å². The van der Waals surface area contributed by atoms with Crippen molar-refractivity contribution in [2.75, 3.05) is 0 Å². The Morgan fingerprint density at radius 3 is 1.79 bits per heavy atom. The predicted octanol–water partition coefficient (Wildman–Crippen LogP) is 1.03. The van der Waals surface area contributed by atoms with Crippen LogP contribution >= 0.6 is 0 Å². The van der Waals surface area contributed by atoms with E-state index >= 15 is 0 Å². The molecule has 0 radical (unpaired) electrons. The van der Waals surface area contributed by atoms with Gasteiger partial charge >= 0.3 is 0 Å². The summed E-state index contributed by atoms with van der Waals surface area (Å²) in [6, 6.07) is 10.5. The number of aryl methyl sites for hydroxylation is 2. The Balaban J connectivity index is 2.11. The Morgan fingerprint density at radius 2 is 1.37 bits per heavy atom. The van der Waals surface area contributed by atoms with E-state index in [1.165, 1.54) is 5.56 Å². The van der Waals surface area contributed by atoms with E-state index < -0.39 is 0 Å². The molecule has 0 amide bonds. The van der Waals surface area contributed by atoms with Gasteiger partial charge in [0.05, 0.1) is 14.1 Å². The molecular weight excluding hydrogens is 236 g/mol. The number of nitrogens with zero attached hydrogens (tertiary/aromatic N) is 4. The van der Waals surface area contributed by atoms with E-state index in [1.54, 1.807) is 0 Å². The quantitative estimate of drug-likeness (QED) is 0.621. The third-order valence-electron chi connectivity index (χ3n) is 3.24. The normalized spacial score (nSPS) is 11.1. The van der Waals surface area contributed by atoms with Crippen molar-refractivity contribution in [2.24, 2.45) is 14.1 Å². The van der Waals surface area contributed by atoms with Gasteiger partial charge in [0, 0.05) is 5.56 Å². The van der Waals surface area contributed by atoms with E-state index in [2.05, 4.69) is 80.0 Å². The van der Waals surface area contributed by atoms with Crippen LogP contribution in [0, 0.1) is 0 Å². The van der Waals surface area contributed by atoms with Gasteiger partial charge in [0.25, 0.3) is 6.17 Å². The van der Waals surface area contributed by atoms with Crippen molar-refractivity contribution in [1.29, 1.82) is 0 Å². The maximum absolute atomic E-state index is 2.20. The standard InChI is InChI=1S/C15H18N4/c1-16-8-10-18(12-16)15(14-6-4-3-5-7-14)19-11-9-17(2)13-19/h3-13,15H,1-2H3/q+2. The van der Waals surface area contributed by atoms with Gasteiger partial charge in [-0.3, -0.25) is 0 Å². The number of rotatable bonds is 3. The first-order valence-corrected chi connectivity index (χ1v) is 6.34. The van der Waals surface area contributed by atoms with Gasteiger partial charge in [-0.15, -0.1) is 0 Å². The molecule has 0 unspecified atom stereocenters. The minimum absolute atomic E-state index is 0.142. The van der Waals surface area contributed by atoms with Crippen LogP contribution in [-0.2, 0) is 14.1 Å². The molecule has 0 N–H and O–H groups in total. The first-order valence-electron chi connectivity index (χ1n) is 6.34. The summed E-state index contributed by atoms with van der Waals surface area (Å²) in [5.41, 5.74) is 1.26. The maximum Gasteiger partial charge on any atom is 0.268 e. The second kappa shape index (κ2) is 4.72. The lowest BCUT2D eigenvalue weighted by atomic mass is 10.1. The van der Waals surface area contributed by atoms with E-state index in [0.29, 0.717) is 0 Å². The van der Waals surface area contributed by atoms with E-state index in [4.69, 9.17) is 0 Å². The zero-order chi connectivity index (χ0) is 13.2. The summed E-state index contributed by atoms with van der Waals surface area (Å²) in [5, 5.41) is 0. The molecule has 0 aliphatic rings. The zero-order valence-corrected chi connectivity index (χ0v) is 11.2. The first-order chi connectivity index (χ1) is 9.24. The Labute approximate surface area is 112 Å². The number of imidazole rings is 2. The molecule has 0 bridgehead atoms. The molecule has 96 valence electrons. The van der Waals surface area contributed by atoms with Crippen molar-refractivity contribution in [3.63, 3.8) is 0 Å². The highest BCUT2D eigenvalue weighted by atomic mass is 15.3.